The molecule has 1 amide bonds. The first kappa shape index (κ1) is 19.8. The summed E-state index contributed by atoms with van der Waals surface area (Å²) in [4.78, 5) is 17.5. The molecular formula is C24H37N3O. The largest absolute Gasteiger partial charge is 0.371 e. The second-order valence-electron chi connectivity index (χ2n) is 9.76. The SMILES string of the molecule is CC(C)CNC(=O)c1ccc(N2CCC3(CC2)CCN(C2CCC2)CC3)cc1. The van der Waals surface area contributed by atoms with Gasteiger partial charge in [-0.1, -0.05) is 20.3 Å². The number of nitrogens with zero attached hydrogens (tertiary/aromatic N) is 2. The van der Waals surface area contributed by atoms with E-state index in [-0.39, 0.29) is 5.91 Å². The lowest BCUT2D eigenvalue weighted by Crippen LogP contribution is -2.50. The lowest BCUT2D eigenvalue weighted by molar-refractivity contribution is 0.0306. The van der Waals surface area contributed by atoms with Crippen molar-refractivity contribution in [2.45, 2.75) is 64.8 Å². The van der Waals surface area contributed by atoms with Gasteiger partial charge in [-0.05, 0) is 87.2 Å². The number of hydrogen-bond acceptors (Lipinski definition) is 3. The van der Waals surface area contributed by atoms with Crippen LogP contribution in [0.2, 0.25) is 0 Å². The number of anilines is 1. The van der Waals surface area contributed by atoms with Crippen LogP contribution in [0.15, 0.2) is 24.3 Å². The van der Waals surface area contributed by atoms with Crippen LogP contribution in [0.25, 0.3) is 0 Å². The van der Waals surface area contributed by atoms with Crippen molar-refractivity contribution in [3.63, 3.8) is 0 Å². The predicted octanol–water partition coefficient (Wildman–Crippen LogP) is 4.31. The summed E-state index contributed by atoms with van der Waals surface area (Å²) >= 11 is 0. The fourth-order valence-corrected chi connectivity index (χ4v) is 5.08. The molecule has 2 aliphatic heterocycles. The number of benzene rings is 1. The van der Waals surface area contributed by atoms with E-state index < -0.39 is 0 Å². The van der Waals surface area contributed by atoms with Crippen molar-refractivity contribution >= 4 is 11.6 Å². The first-order chi connectivity index (χ1) is 13.5. The van der Waals surface area contributed by atoms with Crippen molar-refractivity contribution in [3.05, 3.63) is 29.8 Å². The summed E-state index contributed by atoms with van der Waals surface area (Å²) in [5, 5.41) is 3.00. The Morgan fingerprint density at radius 3 is 2.18 bits per heavy atom. The van der Waals surface area contributed by atoms with Crippen molar-refractivity contribution in [2.75, 3.05) is 37.6 Å². The van der Waals surface area contributed by atoms with E-state index in [9.17, 15) is 4.79 Å². The molecule has 1 saturated carbocycles. The van der Waals surface area contributed by atoms with Crippen LogP contribution in [0, 0.1) is 11.3 Å². The van der Waals surface area contributed by atoms with E-state index in [0.717, 1.165) is 31.2 Å². The molecule has 2 saturated heterocycles. The summed E-state index contributed by atoms with van der Waals surface area (Å²) < 4.78 is 0. The second-order valence-corrected chi connectivity index (χ2v) is 9.76. The molecule has 2 heterocycles. The Bertz CT molecular complexity index is 647. The van der Waals surface area contributed by atoms with E-state index in [4.69, 9.17) is 0 Å². The molecule has 4 nitrogen and oxygen atoms in total. The molecule has 0 bridgehead atoms. The molecule has 1 aromatic rings. The van der Waals surface area contributed by atoms with Crippen molar-refractivity contribution in [3.8, 4) is 0 Å². The molecule has 1 spiro atoms. The molecule has 4 rings (SSSR count). The van der Waals surface area contributed by atoms with Crippen LogP contribution in [-0.4, -0.2) is 49.6 Å². The van der Waals surface area contributed by atoms with E-state index in [2.05, 4.69) is 41.1 Å². The number of carbonyl (C=O) groups excluding carboxylic acids is 1. The average Bonchev–Trinajstić information content (AvgIpc) is 2.67. The fraction of sp³-hybridized carbons (Fsp3) is 0.708. The molecule has 0 atom stereocenters. The molecule has 28 heavy (non-hydrogen) atoms. The third-order valence-corrected chi connectivity index (χ3v) is 7.44. The number of nitrogens with one attached hydrogen (secondary N) is 1. The Labute approximate surface area is 170 Å². The molecule has 3 aliphatic rings. The van der Waals surface area contributed by atoms with Gasteiger partial charge in [-0.25, -0.2) is 0 Å². The van der Waals surface area contributed by atoms with Gasteiger partial charge in [0.1, 0.15) is 0 Å². The van der Waals surface area contributed by atoms with E-state index in [1.54, 1.807) is 0 Å². The minimum Gasteiger partial charge on any atom is -0.371 e. The molecule has 0 aromatic heterocycles. The van der Waals surface area contributed by atoms with Crippen LogP contribution in [0.5, 0.6) is 0 Å². The quantitative estimate of drug-likeness (QED) is 0.823. The highest BCUT2D eigenvalue weighted by atomic mass is 16.1. The number of carbonyl (C=O) groups is 1. The Morgan fingerprint density at radius 1 is 1.04 bits per heavy atom. The number of rotatable bonds is 5. The van der Waals surface area contributed by atoms with Gasteiger partial charge in [-0.15, -0.1) is 0 Å². The van der Waals surface area contributed by atoms with Gasteiger partial charge in [-0.2, -0.15) is 0 Å². The molecule has 1 N–H and O–H groups in total. The Morgan fingerprint density at radius 2 is 1.64 bits per heavy atom. The van der Waals surface area contributed by atoms with Gasteiger partial charge in [-0.3, -0.25) is 4.79 Å². The summed E-state index contributed by atoms with van der Waals surface area (Å²) in [5.74, 6) is 0.514. The van der Waals surface area contributed by atoms with Gasteiger partial charge < -0.3 is 15.1 Å². The normalized spacial score (nSPS) is 23.0. The van der Waals surface area contributed by atoms with Gasteiger partial charge in [0.15, 0.2) is 0 Å². The van der Waals surface area contributed by atoms with Crippen molar-refractivity contribution in [1.82, 2.24) is 10.2 Å². The summed E-state index contributed by atoms with van der Waals surface area (Å²) in [6, 6.07) is 9.12. The molecule has 1 aromatic carbocycles. The van der Waals surface area contributed by atoms with Crippen LogP contribution >= 0.6 is 0 Å². The molecule has 4 heteroatoms. The third-order valence-electron chi connectivity index (χ3n) is 7.44. The lowest BCUT2D eigenvalue weighted by Gasteiger charge is -2.50. The van der Waals surface area contributed by atoms with Gasteiger partial charge in [0, 0.05) is 36.9 Å². The highest BCUT2D eigenvalue weighted by Crippen LogP contribution is 2.43. The monoisotopic (exact) mass is 383 g/mol. The predicted molar refractivity (Wildman–Crippen MR) is 116 cm³/mol. The van der Waals surface area contributed by atoms with E-state index in [1.807, 2.05) is 12.1 Å². The molecule has 0 unspecified atom stereocenters. The number of amides is 1. The smallest absolute Gasteiger partial charge is 0.251 e. The van der Waals surface area contributed by atoms with E-state index in [0.29, 0.717) is 11.3 Å². The number of hydrogen-bond donors (Lipinski definition) is 1. The van der Waals surface area contributed by atoms with Crippen molar-refractivity contribution in [2.24, 2.45) is 11.3 Å². The van der Waals surface area contributed by atoms with Crippen LogP contribution in [0.4, 0.5) is 5.69 Å². The summed E-state index contributed by atoms with van der Waals surface area (Å²) in [7, 11) is 0. The van der Waals surface area contributed by atoms with Crippen LogP contribution in [-0.2, 0) is 0 Å². The summed E-state index contributed by atoms with van der Waals surface area (Å²) in [6.45, 7) is 9.92. The Kier molecular flexibility index (Phi) is 5.96. The maximum atomic E-state index is 12.2. The third kappa shape index (κ3) is 4.37. The highest BCUT2D eigenvalue weighted by molar-refractivity contribution is 5.94. The molecule has 154 valence electrons. The molecule has 0 radical (unpaired) electrons. The van der Waals surface area contributed by atoms with E-state index in [1.165, 1.54) is 63.7 Å². The van der Waals surface area contributed by atoms with Crippen LogP contribution in [0.1, 0.15) is 69.2 Å². The van der Waals surface area contributed by atoms with Gasteiger partial charge >= 0.3 is 0 Å². The fourth-order valence-electron chi connectivity index (χ4n) is 5.08. The topological polar surface area (TPSA) is 35.6 Å². The minimum absolute atomic E-state index is 0.0380. The Hall–Kier alpha value is -1.55. The van der Waals surface area contributed by atoms with Crippen LogP contribution < -0.4 is 10.2 Å². The Balaban J connectivity index is 1.27. The maximum Gasteiger partial charge on any atom is 0.251 e. The first-order valence-corrected chi connectivity index (χ1v) is 11.4. The second kappa shape index (κ2) is 8.44. The minimum atomic E-state index is 0.0380. The summed E-state index contributed by atoms with van der Waals surface area (Å²) in [5.41, 5.74) is 2.62. The van der Waals surface area contributed by atoms with Crippen LogP contribution in [0.3, 0.4) is 0 Å². The molecule has 3 fully saturated rings. The number of likely N-dealkylation sites (tertiary alicyclic amines) is 1. The zero-order valence-corrected chi connectivity index (χ0v) is 17.8. The maximum absolute atomic E-state index is 12.2. The first-order valence-electron chi connectivity index (χ1n) is 11.4. The van der Waals surface area contributed by atoms with Gasteiger partial charge in [0.05, 0.1) is 0 Å². The zero-order valence-electron chi connectivity index (χ0n) is 17.8. The molecule has 1 aliphatic carbocycles. The van der Waals surface area contributed by atoms with Gasteiger partial charge in [0.2, 0.25) is 0 Å². The standard InChI is InChI=1S/C24H37N3O/c1-19(2)18-25-23(28)20-6-8-22(9-7-20)27-16-12-24(13-17-27)10-14-26(15-11-24)21-4-3-5-21/h6-9,19,21H,3-5,10-18H2,1-2H3,(H,25,28). The average molecular weight is 384 g/mol. The lowest BCUT2D eigenvalue weighted by atomic mass is 9.70. The molecular weight excluding hydrogens is 346 g/mol. The van der Waals surface area contributed by atoms with Crippen molar-refractivity contribution in [1.29, 1.82) is 0 Å². The van der Waals surface area contributed by atoms with E-state index >= 15 is 0 Å². The highest BCUT2D eigenvalue weighted by Gasteiger charge is 2.39. The van der Waals surface area contributed by atoms with Crippen molar-refractivity contribution < 1.29 is 4.79 Å². The van der Waals surface area contributed by atoms with Gasteiger partial charge in [0.25, 0.3) is 5.91 Å². The summed E-state index contributed by atoms with van der Waals surface area (Å²) in [6.07, 6.45) is 9.75. The number of piperidine rings is 2. The zero-order chi connectivity index (χ0) is 19.6.